The van der Waals surface area contributed by atoms with Crippen LogP contribution in [0, 0.1) is 12.8 Å². The second-order valence-corrected chi connectivity index (χ2v) is 7.51. The van der Waals surface area contributed by atoms with Crippen LogP contribution in [-0.2, 0) is 11.2 Å². The number of amides is 3. The quantitative estimate of drug-likeness (QED) is 0.820. The smallest absolute Gasteiger partial charge is 0.319 e. The Labute approximate surface area is 164 Å². The number of rotatable bonds is 4. The van der Waals surface area contributed by atoms with Crippen LogP contribution in [0.1, 0.15) is 25.0 Å². The van der Waals surface area contributed by atoms with Crippen LogP contribution in [0.25, 0.3) is 0 Å². The maximum atomic E-state index is 13.1. The van der Waals surface area contributed by atoms with Crippen molar-refractivity contribution in [3.05, 3.63) is 58.6 Å². The number of carbonyl (C=O) groups excluding carboxylic acids is 2. The number of nitrogens with zero attached hydrogens (tertiary/aromatic N) is 1. The van der Waals surface area contributed by atoms with Gasteiger partial charge < -0.3 is 15.5 Å². The molecular weight excluding hydrogens is 362 g/mol. The molecule has 1 heterocycles. The molecule has 0 saturated carbocycles. The Balaban J connectivity index is 1.73. The molecule has 27 heavy (non-hydrogen) atoms. The van der Waals surface area contributed by atoms with Gasteiger partial charge >= 0.3 is 6.03 Å². The van der Waals surface area contributed by atoms with Crippen LogP contribution < -0.4 is 15.5 Å². The van der Waals surface area contributed by atoms with Crippen LogP contribution in [0.5, 0.6) is 0 Å². The van der Waals surface area contributed by atoms with Crippen molar-refractivity contribution in [3.63, 3.8) is 0 Å². The number of carbonyl (C=O) groups is 2. The fraction of sp³-hybridized carbons (Fsp3) is 0.333. The van der Waals surface area contributed by atoms with Gasteiger partial charge in [0.2, 0.25) is 5.91 Å². The minimum Gasteiger partial charge on any atom is -0.326 e. The molecule has 0 radical (unpaired) electrons. The topological polar surface area (TPSA) is 61.4 Å². The van der Waals surface area contributed by atoms with Crippen molar-refractivity contribution < 1.29 is 9.59 Å². The molecule has 3 amide bonds. The monoisotopic (exact) mass is 385 g/mol. The third-order valence-corrected chi connectivity index (χ3v) is 5.30. The number of benzene rings is 2. The van der Waals surface area contributed by atoms with Crippen molar-refractivity contribution in [2.24, 2.45) is 5.92 Å². The van der Waals surface area contributed by atoms with Crippen LogP contribution in [0.4, 0.5) is 16.2 Å². The minimum atomic E-state index is -0.615. The summed E-state index contributed by atoms with van der Waals surface area (Å²) in [5, 5.41) is 6.21. The van der Waals surface area contributed by atoms with Crippen LogP contribution in [0.15, 0.2) is 42.5 Å². The summed E-state index contributed by atoms with van der Waals surface area (Å²) in [6.07, 6.45) is 0.834. The third-order valence-electron chi connectivity index (χ3n) is 4.89. The van der Waals surface area contributed by atoms with Gasteiger partial charge in [0.05, 0.1) is 0 Å². The van der Waals surface area contributed by atoms with E-state index in [1.165, 1.54) is 0 Å². The van der Waals surface area contributed by atoms with Gasteiger partial charge in [-0.25, -0.2) is 4.79 Å². The lowest BCUT2D eigenvalue weighted by atomic mass is 10.0. The number of anilines is 2. The fourth-order valence-corrected chi connectivity index (χ4v) is 3.47. The fourth-order valence-electron chi connectivity index (χ4n) is 3.29. The first-order valence-electron chi connectivity index (χ1n) is 9.10. The molecule has 3 rings (SSSR count). The predicted octanol–water partition coefficient (Wildman–Crippen LogP) is 4.38. The molecule has 1 aliphatic rings. The maximum absolute atomic E-state index is 13.1. The number of halogens is 1. The van der Waals surface area contributed by atoms with Gasteiger partial charge in [0.25, 0.3) is 0 Å². The van der Waals surface area contributed by atoms with Crippen LogP contribution >= 0.6 is 11.6 Å². The highest BCUT2D eigenvalue weighted by atomic mass is 35.5. The first-order valence-corrected chi connectivity index (χ1v) is 9.48. The van der Waals surface area contributed by atoms with E-state index in [1.54, 1.807) is 23.1 Å². The van der Waals surface area contributed by atoms with Crippen molar-refractivity contribution in [1.29, 1.82) is 0 Å². The van der Waals surface area contributed by atoms with E-state index < -0.39 is 12.1 Å². The molecule has 1 atom stereocenters. The van der Waals surface area contributed by atoms with E-state index in [9.17, 15) is 9.59 Å². The molecule has 0 aromatic heterocycles. The molecule has 0 spiro atoms. The normalized spacial score (nSPS) is 14.0. The molecule has 2 aromatic rings. The highest BCUT2D eigenvalue weighted by Crippen LogP contribution is 2.29. The summed E-state index contributed by atoms with van der Waals surface area (Å²) < 4.78 is 0. The number of nitrogens with one attached hydrogen (secondary N) is 2. The number of urea groups is 1. The zero-order valence-electron chi connectivity index (χ0n) is 15.8. The van der Waals surface area contributed by atoms with E-state index in [-0.39, 0.29) is 11.8 Å². The largest absolute Gasteiger partial charge is 0.326 e. The highest BCUT2D eigenvalue weighted by molar-refractivity contribution is 6.31. The zero-order chi connectivity index (χ0) is 19.6. The average Bonchev–Trinajstić information content (AvgIpc) is 3.07. The second kappa shape index (κ2) is 8.01. The van der Waals surface area contributed by atoms with Crippen molar-refractivity contribution >= 4 is 34.9 Å². The lowest BCUT2D eigenvalue weighted by molar-refractivity contribution is -0.121. The summed E-state index contributed by atoms with van der Waals surface area (Å²) in [6.45, 7) is 6.33. The number of para-hydroxylation sites is 1. The van der Waals surface area contributed by atoms with E-state index in [0.29, 0.717) is 17.3 Å². The van der Waals surface area contributed by atoms with Gasteiger partial charge in [0.15, 0.2) is 0 Å². The Kier molecular flexibility index (Phi) is 5.71. The van der Waals surface area contributed by atoms with Crippen molar-refractivity contribution in [1.82, 2.24) is 5.32 Å². The summed E-state index contributed by atoms with van der Waals surface area (Å²) in [7, 11) is 0. The summed E-state index contributed by atoms with van der Waals surface area (Å²) in [5.74, 6) is -0.135. The first kappa shape index (κ1) is 19.2. The van der Waals surface area contributed by atoms with Crippen molar-refractivity contribution in [2.75, 3.05) is 16.8 Å². The number of hydrogen-bond acceptors (Lipinski definition) is 2. The molecule has 0 fully saturated rings. The summed E-state index contributed by atoms with van der Waals surface area (Å²) in [5.41, 5.74) is 3.50. The molecule has 1 aliphatic heterocycles. The van der Waals surface area contributed by atoms with Gasteiger partial charge in [0, 0.05) is 22.9 Å². The summed E-state index contributed by atoms with van der Waals surface area (Å²) >= 11 is 6.11. The Hall–Kier alpha value is -2.53. The van der Waals surface area contributed by atoms with Crippen LogP contribution in [-0.4, -0.2) is 24.5 Å². The second-order valence-electron chi connectivity index (χ2n) is 7.10. The highest BCUT2D eigenvalue weighted by Gasteiger charge is 2.32. The van der Waals surface area contributed by atoms with E-state index in [0.717, 1.165) is 23.2 Å². The van der Waals surface area contributed by atoms with E-state index in [1.807, 2.05) is 45.0 Å². The van der Waals surface area contributed by atoms with Crippen molar-refractivity contribution in [3.8, 4) is 0 Å². The van der Waals surface area contributed by atoms with Crippen LogP contribution in [0.3, 0.4) is 0 Å². The standard InChI is InChI=1S/C21H24ClN3O2/c1-13(2)19(20(26)25-12-11-15-7-4-5-10-18(15)25)24-21(27)23-17-9-6-8-16(22)14(17)3/h4-10,13,19H,11-12H2,1-3H3,(H2,23,24,27)/t19-/m1/s1. The van der Waals surface area contributed by atoms with Gasteiger partial charge in [-0.15, -0.1) is 0 Å². The van der Waals surface area contributed by atoms with Crippen molar-refractivity contribution in [2.45, 2.75) is 33.2 Å². The third kappa shape index (κ3) is 4.08. The summed E-state index contributed by atoms with van der Waals surface area (Å²) in [6, 6.07) is 12.2. The van der Waals surface area contributed by atoms with Gasteiger partial charge in [0.1, 0.15) is 6.04 Å². The first-order chi connectivity index (χ1) is 12.9. The molecule has 2 aromatic carbocycles. The number of fused-ring (bicyclic) bond motifs is 1. The SMILES string of the molecule is Cc1c(Cl)cccc1NC(=O)N[C@@H](C(=O)N1CCc2ccccc21)C(C)C. The van der Waals surface area contributed by atoms with E-state index in [2.05, 4.69) is 10.6 Å². The predicted molar refractivity (Wildman–Crippen MR) is 109 cm³/mol. The maximum Gasteiger partial charge on any atom is 0.319 e. The Morgan fingerprint density at radius 1 is 1.11 bits per heavy atom. The van der Waals surface area contributed by atoms with E-state index >= 15 is 0 Å². The molecule has 6 heteroatoms. The Morgan fingerprint density at radius 2 is 1.85 bits per heavy atom. The molecular formula is C21H24ClN3O2. The Morgan fingerprint density at radius 3 is 2.59 bits per heavy atom. The lowest BCUT2D eigenvalue weighted by Crippen LogP contribution is -2.52. The van der Waals surface area contributed by atoms with Gasteiger partial charge in [-0.3, -0.25) is 4.79 Å². The molecule has 0 saturated heterocycles. The lowest BCUT2D eigenvalue weighted by Gasteiger charge is -2.27. The van der Waals surface area contributed by atoms with Gasteiger partial charge in [-0.2, -0.15) is 0 Å². The van der Waals surface area contributed by atoms with Crippen LogP contribution in [0.2, 0.25) is 5.02 Å². The van der Waals surface area contributed by atoms with Gasteiger partial charge in [-0.1, -0.05) is 49.7 Å². The molecule has 0 aliphatic carbocycles. The summed E-state index contributed by atoms with van der Waals surface area (Å²) in [4.78, 5) is 27.4. The molecule has 142 valence electrons. The average molecular weight is 386 g/mol. The van der Waals surface area contributed by atoms with E-state index in [4.69, 9.17) is 11.6 Å². The zero-order valence-corrected chi connectivity index (χ0v) is 16.5. The Bertz CT molecular complexity index is 866. The number of hydrogen-bond donors (Lipinski definition) is 2. The molecule has 0 unspecified atom stereocenters. The van der Waals surface area contributed by atoms with Gasteiger partial charge in [-0.05, 0) is 48.6 Å². The molecule has 0 bridgehead atoms. The minimum absolute atomic E-state index is 0.0449. The molecule has 2 N–H and O–H groups in total. The molecule has 5 nitrogen and oxygen atoms in total.